The van der Waals surface area contributed by atoms with Gasteiger partial charge in [0.05, 0.1) is 5.02 Å². The van der Waals surface area contributed by atoms with Gasteiger partial charge in [-0.25, -0.2) is 0 Å². The van der Waals surface area contributed by atoms with Gasteiger partial charge >= 0.3 is 0 Å². The van der Waals surface area contributed by atoms with Crippen LogP contribution in [0.4, 0.5) is 0 Å². The standard InChI is InChI=1S/C9H10BrClN2O2/c10-5-1-2-6(11)8(3-5)15-4-7(12)9(13)14/h1-3,7H,4,12H2,(H2,13,14). The summed E-state index contributed by atoms with van der Waals surface area (Å²) < 4.78 is 6.08. The van der Waals surface area contributed by atoms with Gasteiger partial charge in [0.15, 0.2) is 0 Å². The minimum absolute atomic E-state index is 0.00546. The number of primary amides is 1. The van der Waals surface area contributed by atoms with Crippen LogP contribution < -0.4 is 16.2 Å². The number of rotatable bonds is 4. The van der Waals surface area contributed by atoms with E-state index in [0.29, 0.717) is 10.8 Å². The van der Waals surface area contributed by atoms with Gasteiger partial charge in [-0.3, -0.25) is 4.79 Å². The molecule has 1 rings (SSSR count). The molecule has 1 unspecified atom stereocenters. The summed E-state index contributed by atoms with van der Waals surface area (Å²) in [6.45, 7) is 0.00546. The van der Waals surface area contributed by atoms with Gasteiger partial charge in [-0.05, 0) is 18.2 Å². The lowest BCUT2D eigenvalue weighted by atomic mass is 10.3. The van der Waals surface area contributed by atoms with E-state index in [1.54, 1.807) is 18.2 Å². The molecule has 0 aliphatic rings. The molecule has 0 aliphatic heterocycles. The van der Waals surface area contributed by atoms with Crippen molar-refractivity contribution in [1.82, 2.24) is 0 Å². The first-order valence-electron chi connectivity index (χ1n) is 4.13. The highest BCUT2D eigenvalue weighted by molar-refractivity contribution is 9.10. The number of halogens is 2. The maximum absolute atomic E-state index is 10.6. The normalized spacial score (nSPS) is 12.2. The molecule has 0 aromatic heterocycles. The maximum Gasteiger partial charge on any atom is 0.237 e. The summed E-state index contributed by atoms with van der Waals surface area (Å²) in [5.41, 5.74) is 10.4. The van der Waals surface area contributed by atoms with Crippen molar-refractivity contribution in [3.05, 3.63) is 27.7 Å². The number of ether oxygens (including phenoxy) is 1. The molecule has 4 N–H and O–H groups in total. The largest absolute Gasteiger partial charge is 0.490 e. The molecule has 1 atom stereocenters. The van der Waals surface area contributed by atoms with E-state index >= 15 is 0 Å². The van der Waals surface area contributed by atoms with Crippen LogP contribution in [0.15, 0.2) is 22.7 Å². The molecule has 0 radical (unpaired) electrons. The third-order valence-corrected chi connectivity index (χ3v) is 2.48. The molecule has 0 aliphatic carbocycles. The van der Waals surface area contributed by atoms with Crippen LogP contribution in [0.5, 0.6) is 5.75 Å². The highest BCUT2D eigenvalue weighted by Crippen LogP contribution is 2.27. The van der Waals surface area contributed by atoms with E-state index in [1.807, 2.05) is 0 Å². The molecule has 0 heterocycles. The summed E-state index contributed by atoms with van der Waals surface area (Å²) in [6.07, 6.45) is 0. The van der Waals surface area contributed by atoms with Gasteiger partial charge in [-0.1, -0.05) is 27.5 Å². The lowest BCUT2D eigenvalue weighted by molar-refractivity contribution is -0.119. The Balaban J connectivity index is 2.65. The summed E-state index contributed by atoms with van der Waals surface area (Å²) in [5.74, 6) is -0.149. The first kappa shape index (κ1) is 12.3. The van der Waals surface area contributed by atoms with E-state index in [9.17, 15) is 4.79 Å². The molecule has 4 nitrogen and oxygen atoms in total. The second-order valence-corrected chi connectivity index (χ2v) is 4.22. The topological polar surface area (TPSA) is 78.3 Å². The fourth-order valence-corrected chi connectivity index (χ4v) is 1.36. The number of hydrogen-bond donors (Lipinski definition) is 2. The van der Waals surface area contributed by atoms with E-state index in [1.165, 1.54) is 0 Å². The van der Waals surface area contributed by atoms with Gasteiger partial charge in [0.2, 0.25) is 5.91 Å². The zero-order chi connectivity index (χ0) is 11.4. The van der Waals surface area contributed by atoms with Gasteiger partial charge < -0.3 is 16.2 Å². The zero-order valence-corrected chi connectivity index (χ0v) is 10.1. The molecule has 6 heteroatoms. The molecule has 0 fully saturated rings. The van der Waals surface area contributed by atoms with Crippen molar-refractivity contribution in [3.8, 4) is 5.75 Å². The third kappa shape index (κ3) is 3.70. The Kier molecular flexibility index (Phi) is 4.38. The Hall–Kier alpha value is -0.780. The van der Waals surface area contributed by atoms with E-state index in [-0.39, 0.29) is 6.61 Å². The molecule has 15 heavy (non-hydrogen) atoms. The predicted molar refractivity (Wildman–Crippen MR) is 61.8 cm³/mol. The lowest BCUT2D eigenvalue weighted by Gasteiger charge is -2.11. The molecule has 1 amide bonds. The Bertz CT molecular complexity index is 373. The van der Waals surface area contributed by atoms with Crippen LogP contribution in [0.2, 0.25) is 5.02 Å². The summed E-state index contributed by atoms with van der Waals surface area (Å²) in [4.78, 5) is 10.6. The van der Waals surface area contributed by atoms with E-state index < -0.39 is 11.9 Å². The smallest absolute Gasteiger partial charge is 0.237 e. The Labute approximate surface area is 101 Å². The van der Waals surface area contributed by atoms with Crippen LogP contribution in [0.3, 0.4) is 0 Å². The van der Waals surface area contributed by atoms with Gasteiger partial charge in [0.25, 0.3) is 0 Å². The minimum Gasteiger partial charge on any atom is -0.490 e. The molecule has 0 saturated carbocycles. The molecular formula is C9H10BrClN2O2. The van der Waals surface area contributed by atoms with Gasteiger partial charge in [-0.2, -0.15) is 0 Å². The summed E-state index contributed by atoms with van der Waals surface area (Å²) in [7, 11) is 0. The summed E-state index contributed by atoms with van der Waals surface area (Å²) in [6, 6.07) is 4.32. The molecule has 1 aromatic carbocycles. The maximum atomic E-state index is 10.6. The first-order chi connectivity index (χ1) is 7.00. The molecular weight excluding hydrogens is 283 g/mol. The number of carbonyl (C=O) groups excluding carboxylic acids is 1. The average molecular weight is 294 g/mol. The Morgan fingerprint density at radius 3 is 2.87 bits per heavy atom. The number of nitrogens with two attached hydrogens (primary N) is 2. The van der Waals surface area contributed by atoms with Crippen LogP contribution >= 0.6 is 27.5 Å². The fraction of sp³-hybridized carbons (Fsp3) is 0.222. The van der Waals surface area contributed by atoms with Crippen molar-refractivity contribution >= 4 is 33.4 Å². The zero-order valence-electron chi connectivity index (χ0n) is 7.74. The predicted octanol–water partition coefficient (Wildman–Crippen LogP) is 1.29. The quantitative estimate of drug-likeness (QED) is 0.878. The number of carbonyl (C=O) groups is 1. The van der Waals surface area contributed by atoms with Crippen LogP contribution in [-0.4, -0.2) is 18.6 Å². The van der Waals surface area contributed by atoms with Gasteiger partial charge in [0, 0.05) is 4.47 Å². The molecule has 1 aromatic rings. The summed E-state index contributed by atoms with van der Waals surface area (Å²) >= 11 is 9.13. The van der Waals surface area contributed by atoms with Crippen molar-refractivity contribution in [2.75, 3.05) is 6.61 Å². The fourth-order valence-electron chi connectivity index (χ4n) is 0.850. The lowest BCUT2D eigenvalue weighted by Crippen LogP contribution is -2.41. The first-order valence-corrected chi connectivity index (χ1v) is 5.30. The second-order valence-electron chi connectivity index (χ2n) is 2.89. The monoisotopic (exact) mass is 292 g/mol. The average Bonchev–Trinajstić information content (AvgIpc) is 2.18. The number of benzene rings is 1. The number of amides is 1. The van der Waals surface area contributed by atoms with Crippen molar-refractivity contribution in [2.45, 2.75) is 6.04 Å². The second kappa shape index (κ2) is 5.34. The molecule has 0 saturated heterocycles. The van der Waals surface area contributed by atoms with Gasteiger partial charge in [-0.15, -0.1) is 0 Å². The highest BCUT2D eigenvalue weighted by Gasteiger charge is 2.11. The van der Waals surface area contributed by atoms with Crippen LogP contribution in [0.25, 0.3) is 0 Å². The van der Waals surface area contributed by atoms with Crippen LogP contribution in [-0.2, 0) is 4.79 Å². The summed E-state index contributed by atoms with van der Waals surface area (Å²) in [5, 5.41) is 0.454. The third-order valence-electron chi connectivity index (χ3n) is 1.68. The highest BCUT2D eigenvalue weighted by atomic mass is 79.9. The van der Waals surface area contributed by atoms with E-state index in [2.05, 4.69) is 15.9 Å². The van der Waals surface area contributed by atoms with Crippen molar-refractivity contribution in [3.63, 3.8) is 0 Å². The SMILES string of the molecule is NC(=O)C(N)COc1cc(Br)ccc1Cl. The van der Waals surface area contributed by atoms with E-state index in [4.69, 9.17) is 27.8 Å². The Morgan fingerprint density at radius 1 is 1.60 bits per heavy atom. The van der Waals surface area contributed by atoms with Gasteiger partial charge in [0.1, 0.15) is 18.4 Å². The van der Waals surface area contributed by atoms with E-state index in [0.717, 1.165) is 4.47 Å². The van der Waals surface area contributed by atoms with Crippen LogP contribution in [0, 0.1) is 0 Å². The Morgan fingerprint density at radius 2 is 2.27 bits per heavy atom. The minimum atomic E-state index is -0.833. The van der Waals surface area contributed by atoms with Crippen molar-refractivity contribution in [2.24, 2.45) is 11.5 Å². The molecule has 0 spiro atoms. The number of hydrogen-bond acceptors (Lipinski definition) is 3. The van der Waals surface area contributed by atoms with Crippen molar-refractivity contribution < 1.29 is 9.53 Å². The van der Waals surface area contributed by atoms with Crippen molar-refractivity contribution in [1.29, 1.82) is 0 Å². The molecule has 82 valence electrons. The molecule has 0 bridgehead atoms. The van der Waals surface area contributed by atoms with Crippen LogP contribution in [0.1, 0.15) is 0 Å².